The molecule has 1 saturated carbocycles. The third-order valence-electron chi connectivity index (χ3n) is 7.76. The van der Waals surface area contributed by atoms with Crippen molar-refractivity contribution in [1.29, 1.82) is 0 Å². The predicted molar refractivity (Wildman–Crippen MR) is 143 cm³/mol. The summed E-state index contributed by atoms with van der Waals surface area (Å²) in [6.07, 6.45) is 2.64. The summed E-state index contributed by atoms with van der Waals surface area (Å²) in [6.45, 7) is 0.855. The molecule has 3 aromatic rings. The molecule has 2 fully saturated rings. The number of nitrogens with two attached hydrogens (primary N) is 1. The number of aromatic nitrogens is 1. The number of aromatic carboxylic acids is 1. The molecule has 3 heterocycles. The van der Waals surface area contributed by atoms with E-state index < -0.39 is 40.9 Å². The number of benzene rings is 2. The minimum Gasteiger partial charge on any atom is -0.492 e. The number of cyclic esters (lactones) is 1. The number of anilines is 2. The van der Waals surface area contributed by atoms with Crippen LogP contribution >= 0.6 is 0 Å². The lowest BCUT2D eigenvalue weighted by Crippen LogP contribution is -2.32. The third-order valence-corrected chi connectivity index (χ3v) is 7.76. The van der Waals surface area contributed by atoms with E-state index in [4.69, 9.17) is 15.2 Å². The molecule has 208 valence electrons. The summed E-state index contributed by atoms with van der Waals surface area (Å²) < 4.78 is 28.3. The van der Waals surface area contributed by atoms with Crippen molar-refractivity contribution in [2.24, 2.45) is 5.73 Å². The molecule has 0 spiro atoms. The molecule has 1 atom stereocenters. The first-order valence-electron chi connectivity index (χ1n) is 13.0. The van der Waals surface area contributed by atoms with Gasteiger partial charge in [-0.15, -0.1) is 0 Å². The van der Waals surface area contributed by atoms with E-state index in [0.29, 0.717) is 37.1 Å². The number of rotatable bonds is 6. The number of fused-ring (bicyclic) bond motifs is 2. The number of carbonyl (C=O) groups is 3. The molecule has 6 rings (SSSR count). The number of carboxylic acid groups (broad SMARTS) is 1. The molecule has 12 heteroatoms. The number of hydrogen-bond acceptors (Lipinski definition) is 7. The van der Waals surface area contributed by atoms with Crippen LogP contribution < -0.4 is 25.7 Å². The molecule has 3 N–H and O–H groups in total. The Labute approximate surface area is 227 Å². The zero-order chi connectivity index (χ0) is 28.3. The van der Waals surface area contributed by atoms with Crippen LogP contribution in [0.2, 0.25) is 0 Å². The summed E-state index contributed by atoms with van der Waals surface area (Å²) in [5.74, 6) is -2.56. The second-order valence-corrected chi connectivity index (χ2v) is 10.3. The summed E-state index contributed by atoms with van der Waals surface area (Å²) in [6, 6.07) is 6.60. The SMILES string of the molecule is COc1c(N2CCCc3cc(N4CC(C(N)=O)OC4=O)ccc3C2)c(F)cc2c(=O)c(C(=O)O)cn(C3CC3)c12. The third kappa shape index (κ3) is 4.19. The second kappa shape index (κ2) is 9.54. The van der Waals surface area contributed by atoms with E-state index in [9.17, 15) is 24.3 Å². The molecule has 0 radical (unpaired) electrons. The number of primary amides is 1. The number of halogens is 1. The van der Waals surface area contributed by atoms with E-state index in [-0.39, 0.29) is 29.4 Å². The van der Waals surface area contributed by atoms with Crippen LogP contribution in [0.25, 0.3) is 10.9 Å². The molecule has 2 aromatic carbocycles. The molecule has 2 aliphatic heterocycles. The number of methoxy groups -OCH3 is 1. The standard InChI is InChI=1S/C28H27FN4O7/c1-39-25-22-18(24(34)19(27(36)37)12-32(22)16-6-7-16)10-20(29)23(25)31-8-2-3-14-9-17(5-4-15(14)11-31)33-13-21(26(30)35)40-28(33)38/h4-5,9-10,12,16,21H,2-3,6-8,11,13H2,1H3,(H2,30,35)(H,36,37). The number of carbonyl (C=O) groups excluding carboxylic acids is 2. The van der Waals surface area contributed by atoms with Gasteiger partial charge in [0.15, 0.2) is 17.7 Å². The van der Waals surface area contributed by atoms with E-state index >= 15 is 4.39 Å². The molecule has 1 aromatic heterocycles. The van der Waals surface area contributed by atoms with E-state index in [1.54, 1.807) is 10.6 Å². The number of pyridine rings is 1. The van der Waals surface area contributed by atoms with Gasteiger partial charge in [0.1, 0.15) is 11.3 Å². The number of ether oxygens (including phenoxy) is 2. The van der Waals surface area contributed by atoms with Gasteiger partial charge in [0.05, 0.1) is 24.6 Å². The Balaban J connectivity index is 1.40. The normalized spacial score (nSPS) is 18.9. The maximum Gasteiger partial charge on any atom is 0.415 e. The number of aryl methyl sites for hydroxylation is 1. The molecule has 3 aliphatic rings. The van der Waals surface area contributed by atoms with Gasteiger partial charge in [-0.25, -0.2) is 14.0 Å². The van der Waals surface area contributed by atoms with Crippen molar-refractivity contribution >= 4 is 40.2 Å². The Morgan fingerprint density at radius 1 is 1.18 bits per heavy atom. The Bertz CT molecular complexity index is 1650. The maximum atomic E-state index is 15.8. The van der Waals surface area contributed by atoms with Crippen LogP contribution in [0.15, 0.2) is 35.3 Å². The average molecular weight is 551 g/mol. The second-order valence-electron chi connectivity index (χ2n) is 10.3. The van der Waals surface area contributed by atoms with Crippen molar-refractivity contribution in [2.75, 3.05) is 30.0 Å². The zero-order valence-corrected chi connectivity index (χ0v) is 21.7. The van der Waals surface area contributed by atoms with Crippen LogP contribution in [0.3, 0.4) is 0 Å². The van der Waals surface area contributed by atoms with Gasteiger partial charge in [0, 0.05) is 31.0 Å². The fraction of sp³-hybridized carbons (Fsp3) is 0.357. The molecule has 1 saturated heterocycles. The van der Waals surface area contributed by atoms with Gasteiger partial charge in [0.2, 0.25) is 5.43 Å². The number of carboxylic acids is 1. The summed E-state index contributed by atoms with van der Waals surface area (Å²) in [5.41, 5.74) is 7.19. The summed E-state index contributed by atoms with van der Waals surface area (Å²) in [7, 11) is 1.41. The van der Waals surface area contributed by atoms with Gasteiger partial charge in [-0.3, -0.25) is 14.5 Å². The van der Waals surface area contributed by atoms with E-state index in [0.717, 1.165) is 30.0 Å². The molecular weight excluding hydrogens is 523 g/mol. The minimum atomic E-state index is -1.36. The van der Waals surface area contributed by atoms with E-state index in [1.165, 1.54) is 18.2 Å². The van der Waals surface area contributed by atoms with E-state index in [2.05, 4.69) is 0 Å². The zero-order valence-electron chi connectivity index (χ0n) is 21.7. The fourth-order valence-corrected chi connectivity index (χ4v) is 5.65. The quantitative estimate of drug-likeness (QED) is 0.477. The lowest BCUT2D eigenvalue weighted by atomic mass is 10.0. The first-order chi connectivity index (χ1) is 19.2. The lowest BCUT2D eigenvalue weighted by Gasteiger charge is -2.27. The average Bonchev–Trinajstić information content (AvgIpc) is 3.71. The van der Waals surface area contributed by atoms with Gasteiger partial charge in [0.25, 0.3) is 5.91 Å². The Kier molecular flexibility index (Phi) is 6.12. The Morgan fingerprint density at radius 2 is 1.95 bits per heavy atom. The van der Waals surface area contributed by atoms with Crippen LogP contribution in [-0.2, 0) is 22.5 Å². The van der Waals surface area contributed by atoms with Crippen molar-refractivity contribution in [2.45, 2.75) is 44.4 Å². The molecule has 1 unspecified atom stereocenters. The molecule has 1 aliphatic carbocycles. The van der Waals surface area contributed by atoms with Gasteiger partial charge in [-0.2, -0.15) is 0 Å². The maximum absolute atomic E-state index is 15.8. The van der Waals surface area contributed by atoms with Crippen LogP contribution in [0.4, 0.5) is 20.6 Å². The van der Waals surface area contributed by atoms with Crippen LogP contribution in [-0.4, -0.2) is 53.9 Å². The van der Waals surface area contributed by atoms with Crippen molar-refractivity contribution in [3.63, 3.8) is 0 Å². The van der Waals surface area contributed by atoms with Crippen LogP contribution in [0.1, 0.15) is 46.8 Å². The molecule has 0 bridgehead atoms. The predicted octanol–water partition coefficient (Wildman–Crippen LogP) is 2.95. The van der Waals surface area contributed by atoms with Crippen LogP contribution in [0, 0.1) is 5.82 Å². The van der Waals surface area contributed by atoms with Crippen LogP contribution in [0.5, 0.6) is 5.75 Å². The first kappa shape index (κ1) is 25.7. The summed E-state index contributed by atoms with van der Waals surface area (Å²) in [5, 5.41) is 9.54. The van der Waals surface area contributed by atoms with Crippen molar-refractivity contribution in [1.82, 2.24) is 4.57 Å². The minimum absolute atomic E-state index is 0.00290. The van der Waals surface area contributed by atoms with Crippen molar-refractivity contribution in [3.05, 3.63) is 63.2 Å². The topological polar surface area (TPSA) is 144 Å². The van der Waals surface area contributed by atoms with E-state index in [1.807, 2.05) is 17.0 Å². The Hall–Kier alpha value is -4.61. The highest BCUT2D eigenvalue weighted by Gasteiger charge is 2.36. The highest BCUT2D eigenvalue weighted by Crippen LogP contribution is 2.44. The Morgan fingerprint density at radius 3 is 2.60 bits per heavy atom. The number of amides is 2. The largest absolute Gasteiger partial charge is 0.492 e. The van der Waals surface area contributed by atoms with Gasteiger partial charge >= 0.3 is 12.1 Å². The highest BCUT2D eigenvalue weighted by atomic mass is 19.1. The number of hydrogen-bond donors (Lipinski definition) is 2. The molecular formula is C28H27FN4O7. The summed E-state index contributed by atoms with van der Waals surface area (Å²) in [4.78, 5) is 51.8. The number of nitrogens with zero attached hydrogens (tertiary/aromatic N) is 3. The van der Waals surface area contributed by atoms with Crippen molar-refractivity contribution < 1.29 is 33.4 Å². The fourth-order valence-electron chi connectivity index (χ4n) is 5.65. The highest BCUT2D eigenvalue weighted by molar-refractivity contribution is 5.97. The molecule has 40 heavy (non-hydrogen) atoms. The monoisotopic (exact) mass is 550 g/mol. The smallest absolute Gasteiger partial charge is 0.415 e. The van der Waals surface area contributed by atoms with Crippen molar-refractivity contribution in [3.8, 4) is 5.75 Å². The van der Waals surface area contributed by atoms with Gasteiger partial charge < -0.3 is 29.8 Å². The molecule has 11 nitrogen and oxygen atoms in total. The van der Waals surface area contributed by atoms with Gasteiger partial charge in [-0.1, -0.05) is 6.07 Å². The first-order valence-corrected chi connectivity index (χ1v) is 13.0. The molecule has 2 amide bonds. The van der Waals surface area contributed by atoms with Gasteiger partial charge in [-0.05, 0) is 55.0 Å². The summed E-state index contributed by atoms with van der Waals surface area (Å²) >= 11 is 0. The lowest BCUT2D eigenvalue weighted by molar-refractivity contribution is -0.124.